The third-order valence-electron chi connectivity index (χ3n) is 4.09. The summed E-state index contributed by atoms with van der Waals surface area (Å²) in [5.41, 5.74) is 0.564. The van der Waals surface area contributed by atoms with E-state index in [-0.39, 0.29) is 23.8 Å². The van der Waals surface area contributed by atoms with E-state index in [0.29, 0.717) is 18.2 Å². The molecule has 1 saturated heterocycles. The molecule has 0 radical (unpaired) electrons. The number of hydrogen-bond acceptors (Lipinski definition) is 7. The van der Waals surface area contributed by atoms with Crippen molar-refractivity contribution in [2.24, 2.45) is 5.92 Å². The predicted octanol–water partition coefficient (Wildman–Crippen LogP) is 1.76. The summed E-state index contributed by atoms with van der Waals surface area (Å²) in [6.07, 6.45) is 1.97. The van der Waals surface area contributed by atoms with Gasteiger partial charge in [0.05, 0.1) is 30.2 Å². The lowest BCUT2D eigenvalue weighted by Crippen LogP contribution is -2.41. The number of esters is 1. The van der Waals surface area contributed by atoms with Gasteiger partial charge in [-0.1, -0.05) is 0 Å². The Balaban J connectivity index is 1.96. The van der Waals surface area contributed by atoms with Crippen molar-refractivity contribution in [3.05, 3.63) is 33.9 Å². The minimum Gasteiger partial charge on any atom is -0.468 e. The fourth-order valence-electron chi connectivity index (χ4n) is 2.86. The normalized spacial score (nSPS) is 17.8. The van der Waals surface area contributed by atoms with Crippen molar-refractivity contribution in [3.8, 4) is 6.07 Å². The Morgan fingerprint density at radius 2 is 2.38 bits per heavy atom. The molecule has 1 fully saturated rings. The maximum Gasteiger partial charge on any atom is 0.319 e. The van der Waals surface area contributed by atoms with E-state index in [1.165, 1.54) is 13.2 Å². The molecule has 1 aromatic rings. The van der Waals surface area contributed by atoms with Gasteiger partial charge in [0.2, 0.25) is 0 Å². The van der Waals surface area contributed by atoms with Crippen molar-refractivity contribution in [1.29, 1.82) is 5.26 Å². The Kier molecular flexibility index (Phi) is 6.09. The molecular weight excluding hydrogens is 312 g/mol. The molecule has 0 amide bonds. The Morgan fingerprint density at radius 3 is 3.04 bits per heavy atom. The molecule has 1 aliphatic heterocycles. The molecule has 0 aliphatic carbocycles. The number of nitro benzene ring substituents is 1. The van der Waals surface area contributed by atoms with Gasteiger partial charge in [0.1, 0.15) is 5.69 Å². The third-order valence-corrected chi connectivity index (χ3v) is 4.09. The molecule has 0 spiro atoms. The number of nitro groups is 1. The van der Waals surface area contributed by atoms with E-state index < -0.39 is 4.92 Å². The van der Waals surface area contributed by atoms with Gasteiger partial charge in [0.15, 0.2) is 0 Å². The molecule has 1 N–H and O–H groups in total. The Hall–Kier alpha value is -2.66. The first-order chi connectivity index (χ1) is 11.5. The van der Waals surface area contributed by atoms with E-state index in [2.05, 4.69) is 10.1 Å². The number of methoxy groups -OCH3 is 1. The Morgan fingerprint density at radius 1 is 1.58 bits per heavy atom. The van der Waals surface area contributed by atoms with E-state index in [1.54, 1.807) is 12.1 Å². The average molecular weight is 332 g/mol. The number of ether oxygens (including phenoxy) is 1. The lowest BCUT2D eigenvalue weighted by Gasteiger charge is -2.32. The highest BCUT2D eigenvalue weighted by Crippen LogP contribution is 2.26. The molecular formula is C16H20N4O4. The number of nitriles is 1. The Labute approximate surface area is 140 Å². The topological polar surface area (TPSA) is 108 Å². The minimum absolute atomic E-state index is 0.101. The van der Waals surface area contributed by atoms with Gasteiger partial charge >= 0.3 is 5.97 Å². The molecule has 2 rings (SSSR count). The van der Waals surface area contributed by atoms with Gasteiger partial charge in [-0.05, 0) is 37.4 Å². The molecule has 1 unspecified atom stereocenters. The van der Waals surface area contributed by atoms with Crippen LogP contribution in [0.25, 0.3) is 0 Å². The molecule has 0 aromatic heterocycles. The van der Waals surface area contributed by atoms with Gasteiger partial charge in [-0.3, -0.25) is 19.8 Å². The fourth-order valence-corrected chi connectivity index (χ4v) is 2.86. The summed E-state index contributed by atoms with van der Waals surface area (Å²) in [6, 6.07) is 6.29. The highest BCUT2D eigenvalue weighted by Gasteiger charge is 2.23. The molecule has 1 aromatic carbocycles. The highest BCUT2D eigenvalue weighted by atomic mass is 16.6. The minimum atomic E-state index is -0.492. The molecule has 0 saturated carbocycles. The second-order valence-electron chi connectivity index (χ2n) is 5.80. The number of nitrogens with zero attached hydrogens (tertiary/aromatic N) is 3. The van der Waals surface area contributed by atoms with Gasteiger partial charge in [-0.15, -0.1) is 0 Å². The number of benzene rings is 1. The van der Waals surface area contributed by atoms with Crippen LogP contribution in [0.2, 0.25) is 0 Å². The first-order valence-corrected chi connectivity index (χ1v) is 7.75. The molecule has 24 heavy (non-hydrogen) atoms. The van der Waals surface area contributed by atoms with Gasteiger partial charge < -0.3 is 10.1 Å². The number of carbonyl (C=O) groups is 1. The molecule has 8 heteroatoms. The monoisotopic (exact) mass is 332 g/mol. The van der Waals surface area contributed by atoms with Crippen LogP contribution in [-0.4, -0.2) is 49.1 Å². The van der Waals surface area contributed by atoms with Gasteiger partial charge in [0.25, 0.3) is 5.69 Å². The summed E-state index contributed by atoms with van der Waals surface area (Å²) in [4.78, 5) is 24.1. The molecule has 1 atom stereocenters. The standard InChI is InChI=1S/C16H20N4O4/c1-24-16(21)11-19-6-2-3-13(10-19)9-18-14-5-4-12(8-17)7-15(14)20(22)23/h4-5,7,13,18H,2-3,6,9-11H2,1H3. The van der Waals surface area contributed by atoms with Crippen LogP contribution >= 0.6 is 0 Å². The second-order valence-corrected chi connectivity index (χ2v) is 5.80. The quantitative estimate of drug-likeness (QED) is 0.480. The third kappa shape index (κ3) is 4.67. The summed E-state index contributed by atoms with van der Waals surface area (Å²) in [6.45, 7) is 2.43. The number of likely N-dealkylation sites (tertiary alicyclic amines) is 1. The van der Waals surface area contributed by atoms with Crippen LogP contribution < -0.4 is 5.32 Å². The zero-order chi connectivity index (χ0) is 17.5. The predicted molar refractivity (Wildman–Crippen MR) is 87.5 cm³/mol. The summed E-state index contributed by atoms with van der Waals surface area (Å²) < 4.78 is 4.68. The summed E-state index contributed by atoms with van der Waals surface area (Å²) >= 11 is 0. The van der Waals surface area contributed by atoms with Crippen molar-refractivity contribution in [2.75, 3.05) is 38.6 Å². The van der Waals surface area contributed by atoms with Crippen LogP contribution in [0.5, 0.6) is 0 Å². The first-order valence-electron chi connectivity index (χ1n) is 7.75. The van der Waals surface area contributed by atoms with E-state index >= 15 is 0 Å². The van der Waals surface area contributed by atoms with Crippen molar-refractivity contribution >= 4 is 17.3 Å². The maximum atomic E-state index is 11.4. The van der Waals surface area contributed by atoms with E-state index in [9.17, 15) is 14.9 Å². The zero-order valence-corrected chi connectivity index (χ0v) is 13.5. The van der Waals surface area contributed by atoms with Crippen molar-refractivity contribution in [2.45, 2.75) is 12.8 Å². The van der Waals surface area contributed by atoms with E-state index in [4.69, 9.17) is 5.26 Å². The second kappa shape index (κ2) is 8.26. The van der Waals surface area contributed by atoms with Gasteiger partial charge in [-0.25, -0.2) is 0 Å². The van der Waals surface area contributed by atoms with Gasteiger partial charge in [0, 0.05) is 19.2 Å². The van der Waals surface area contributed by atoms with E-state index in [1.807, 2.05) is 11.0 Å². The Bertz CT molecular complexity index is 656. The van der Waals surface area contributed by atoms with Crippen molar-refractivity contribution < 1.29 is 14.5 Å². The number of carbonyl (C=O) groups excluding carboxylic acids is 1. The molecule has 128 valence electrons. The lowest BCUT2D eigenvalue weighted by atomic mass is 9.98. The average Bonchev–Trinajstić information content (AvgIpc) is 2.59. The number of rotatable bonds is 6. The van der Waals surface area contributed by atoms with Crippen LogP contribution in [0.15, 0.2) is 18.2 Å². The molecule has 0 bridgehead atoms. The van der Waals surface area contributed by atoms with E-state index in [0.717, 1.165) is 25.9 Å². The fraction of sp³-hybridized carbons (Fsp3) is 0.500. The summed E-state index contributed by atoms with van der Waals surface area (Å²) in [5, 5.41) is 23.1. The molecule has 1 aliphatic rings. The van der Waals surface area contributed by atoms with Crippen LogP contribution in [0.4, 0.5) is 11.4 Å². The SMILES string of the molecule is COC(=O)CN1CCCC(CNc2ccc(C#N)cc2[N+](=O)[O-])C1. The molecule has 1 heterocycles. The number of piperidine rings is 1. The summed E-state index contributed by atoms with van der Waals surface area (Å²) in [7, 11) is 1.37. The molecule has 8 nitrogen and oxygen atoms in total. The van der Waals surface area contributed by atoms with Gasteiger partial charge in [-0.2, -0.15) is 5.26 Å². The zero-order valence-electron chi connectivity index (χ0n) is 13.5. The maximum absolute atomic E-state index is 11.4. The number of nitrogens with one attached hydrogen (secondary N) is 1. The first kappa shape index (κ1) is 17.7. The highest BCUT2D eigenvalue weighted by molar-refractivity contribution is 5.71. The largest absolute Gasteiger partial charge is 0.468 e. The number of hydrogen-bond donors (Lipinski definition) is 1. The number of anilines is 1. The van der Waals surface area contributed by atoms with Crippen LogP contribution in [0.1, 0.15) is 18.4 Å². The smallest absolute Gasteiger partial charge is 0.319 e. The van der Waals surface area contributed by atoms with Crippen LogP contribution in [0.3, 0.4) is 0 Å². The van der Waals surface area contributed by atoms with Crippen molar-refractivity contribution in [3.63, 3.8) is 0 Å². The van der Waals surface area contributed by atoms with Crippen molar-refractivity contribution in [1.82, 2.24) is 4.90 Å². The summed E-state index contributed by atoms with van der Waals surface area (Å²) in [5.74, 6) is 0.0324. The lowest BCUT2D eigenvalue weighted by molar-refractivity contribution is -0.384. The van der Waals surface area contributed by atoms with Crippen LogP contribution in [-0.2, 0) is 9.53 Å². The van der Waals surface area contributed by atoms with Crippen LogP contribution in [0, 0.1) is 27.4 Å².